The molecule has 0 radical (unpaired) electrons. The van der Waals surface area contributed by atoms with Gasteiger partial charge in [-0.05, 0) is 52.4 Å². The molecule has 0 bridgehead atoms. The number of carbonyl (C=O) groups is 2. The molecular weight excluding hydrogens is 511 g/mol. The molecule has 188 valence electrons. The van der Waals surface area contributed by atoms with Gasteiger partial charge in [-0.2, -0.15) is 8.75 Å². The summed E-state index contributed by atoms with van der Waals surface area (Å²) in [6, 6.07) is 17.7. The van der Waals surface area contributed by atoms with E-state index in [9.17, 15) is 14.7 Å². The number of carboxylic acids is 1. The molecule has 0 atom stereocenters. The number of hydrogen-bond donors (Lipinski definition) is 0. The second-order valence-corrected chi connectivity index (χ2v) is 10.4. The largest absolute Gasteiger partial charge is 1.00 e. The molecule has 5 rings (SSSR count). The molecule has 3 aromatic carbocycles. The van der Waals surface area contributed by atoms with Crippen LogP contribution in [0.25, 0.3) is 16.6 Å². The molecule has 0 N–H and O–H groups in total. The van der Waals surface area contributed by atoms with Crippen LogP contribution in [0.15, 0.2) is 66.2 Å². The van der Waals surface area contributed by atoms with Crippen molar-refractivity contribution in [3.63, 3.8) is 0 Å². The quantitative estimate of drug-likeness (QED) is 0.209. The first-order chi connectivity index (χ1) is 17.7. The second-order valence-electron chi connectivity index (χ2n) is 9.92. The molecule has 4 aromatic rings. The third-order valence-electron chi connectivity index (χ3n) is 6.33. The van der Waals surface area contributed by atoms with Crippen LogP contribution in [-0.4, -0.2) is 33.7 Å². The third kappa shape index (κ3) is 5.83. The maximum Gasteiger partial charge on any atom is 1.00 e. The molecule has 9 heteroatoms. The summed E-state index contributed by atoms with van der Waals surface area (Å²) < 4.78 is 19.6. The Labute approximate surface area is 247 Å². The zero-order valence-corrected chi connectivity index (χ0v) is 24.6. The Morgan fingerprint density at radius 3 is 2.21 bits per heavy atom. The van der Waals surface area contributed by atoms with Crippen molar-refractivity contribution in [2.45, 2.75) is 32.6 Å². The Kier molecular flexibility index (Phi) is 8.37. The van der Waals surface area contributed by atoms with E-state index in [4.69, 9.17) is 9.47 Å². The fourth-order valence-corrected chi connectivity index (χ4v) is 4.84. The van der Waals surface area contributed by atoms with E-state index in [1.807, 2.05) is 24.3 Å². The molecule has 0 unspecified atom stereocenters. The van der Waals surface area contributed by atoms with E-state index in [0.29, 0.717) is 46.9 Å². The minimum absolute atomic E-state index is 0. The maximum atomic E-state index is 13.9. The monoisotopic (exact) mass is 536 g/mol. The number of allylic oxidation sites excluding steroid dienone is 1. The molecule has 0 saturated heterocycles. The number of hydrogen-bond acceptors (Lipinski definition) is 8. The average molecular weight is 537 g/mol. The molecule has 38 heavy (non-hydrogen) atoms. The predicted octanol–water partition coefficient (Wildman–Crippen LogP) is 1.39. The third-order valence-corrected chi connectivity index (χ3v) is 6.88. The summed E-state index contributed by atoms with van der Waals surface area (Å²) in [6.45, 7) is 7.17. The van der Waals surface area contributed by atoms with Crippen molar-refractivity contribution in [2.24, 2.45) is 0 Å². The molecular formula is C29H25N2NaO5S. The number of carboxylic acid groups (broad SMARTS) is 1. The molecule has 2 heterocycles. The SMILES string of the molecule is CC(C)(C)c1ccc(C/C(C(=O)c2ccc3c(c2)OCCO3)=C(\C(=O)[O-])c2ccc3nsnc3c2)cc1.[Na+]. The molecule has 0 spiro atoms. The number of ether oxygens (including phenoxy) is 2. The first-order valence-electron chi connectivity index (χ1n) is 11.9. The number of nitrogens with zero attached hydrogens (tertiary/aromatic N) is 2. The van der Waals surface area contributed by atoms with Gasteiger partial charge < -0.3 is 19.4 Å². The molecule has 1 aromatic heterocycles. The van der Waals surface area contributed by atoms with Crippen molar-refractivity contribution >= 4 is 40.1 Å². The van der Waals surface area contributed by atoms with Gasteiger partial charge in [0.05, 0.1) is 17.7 Å². The van der Waals surface area contributed by atoms with Crippen LogP contribution in [0.4, 0.5) is 0 Å². The molecule has 0 aliphatic carbocycles. The minimum Gasteiger partial charge on any atom is -0.545 e. The number of rotatable bonds is 6. The number of Topliss-reactive ketones (excluding diaryl/α,β-unsaturated/α-hetero) is 1. The topological polar surface area (TPSA) is 101 Å². The van der Waals surface area contributed by atoms with Crippen molar-refractivity contribution in [1.82, 2.24) is 8.75 Å². The number of aromatic nitrogens is 2. The Balaban J connectivity index is 0.00000336. The van der Waals surface area contributed by atoms with Gasteiger partial charge in [0.1, 0.15) is 24.2 Å². The molecule has 1 aliphatic heterocycles. The normalized spacial score (nSPS) is 13.4. The van der Waals surface area contributed by atoms with E-state index < -0.39 is 11.8 Å². The zero-order chi connectivity index (χ0) is 26.2. The van der Waals surface area contributed by atoms with Gasteiger partial charge in [-0.3, -0.25) is 4.79 Å². The number of benzene rings is 3. The van der Waals surface area contributed by atoms with E-state index in [-0.39, 0.29) is 52.5 Å². The summed E-state index contributed by atoms with van der Waals surface area (Å²) in [5.41, 5.74) is 3.72. The van der Waals surface area contributed by atoms with Crippen LogP contribution in [0.1, 0.15) is 47.8 Å². The Bertz CT molecular complexity index is 1540. The molecule has 7 nitrogen and oxygen atoms in total. The summed E-state index contributed by atoms with van der Waals surface area (Å²) in [4.78, 5) is 26.5. The predicted molar refractivity (Wildman–Crippen MR) is 140 cm³/mol. The molecule has 1 aliphatic rings. The molecule has 0 fully saturated rings. The summed E-state index contributed by atoms with van der Waals surface area (Å²) in [5, 5.41) is 12.6. The van der Waals surface area contributed by atoms with Gasteiger partial charge in [0.25, 0.3) is 0 Å². The van der Waals surface area contributed by atoms with Crippen LogP contribution in [0, 0.1) is 0 Å². The summed E-state index contributed by atoms with van der Waals surface area (Å²) in [7, 11) is 0. The Morgan fingerprint density at radius 1 is 0.868 bits per heavy atom. The summed E-state index contributed by atoms with van der Waals surface area (Å²) >= 11 is 1.04. The average Bonchev–Trinajstić information content (AvgIpc) is 3.35. The first-order valence-corrected chi connectivity index (χ1v) is 12.6. The second kappa shape index (κ2) is 11.4. The van der Waals surface area contributed by atoms with Crippen LogP contribution in [0.5, 0.6) is 11.5 Å². The fourth-order valence-electron chi connectivity index (χ4n) is 4.32. The number of ketones is 1. The van der Waals surface area contributed by atoms with Crippen molar-refractivity contribution in [3.8, 4) is 11.5 Å². The zero-order valence-electron chi connectivity index (χ0n) is 21.7. The van der Waals surface area contributed by atoms with Crippen molar-refractivity contribution in [2.75, 3.05) is 13.2 Å². The van der Waals surface area contributed by atoms with E-state index in [0.717, 1.165) is 22.9 Å². The molecule has 0 amide bonds. The van der Waals surface area contributed by atoms with E-state index in [1.54, 1.807) is 36.4 Å². The van der Waals surface area contributed by atoms with Gasteiger partial charge >= 0.3 is 29.6 Å². The Morgan fingerprint density at radius 2 is 1.53 bits per heavy atom. The van der Waals surface area contributed by atoms with Crippen LogP contribution < -0.4 is 44.1 Å². The van der Waals surface area contributed by atoms with Crippen molar-refractivity contribution in [3.05, 3.63) is 88.5 Å². The van der Waals surface area contributed by atoms with Crippen LogP contribution in [0.3, 0.4) is 0 Å². The van der Waals surface area contributed by atoms with Crippen molar-refractivity contribution in [1.29, 1.82) is 0 Å². The maximum absolute atomic E-state index is 13.9. The number of fused-ring (bicyclic) bond motifs is 2. The first kappa shape index (κ1) is 28.0. The summed E-state index contributed by atoms with van der Waals surface area (Å²) in [5.74, 6) is -0.856. The van der Waals surface area contributed by atoms with Gasteiger partial charge in [-0.15, -0.1) is 0 Å². The van der Waals surface area contributed by atoms with Gasteiger partial charge in [-0.1, -0.05) is 51.1 Å². The number of aliphatic carboxylic acids is 1. The molecule has 0 saturated carbocycles. The van der Waals surface area contributed by atoms with Crippen molar-refractivity contribution < 1.29 is 53.7 Å². The smallest absolute Gasteiger partial charge is 0.545 e. The van der Waals surface area contributed by atoms with Crippen LogP contribution >= 0.6 is 11.7 Å². The Hall–Kier alpha value is -3.04. The van der Waals surface area contributed by atoms with E-state index in [2.05, 4.69) is 29.5 Å². The fraction of sp³-hybridized carbons (Fsp3) is 0.241. The summed E-state index contributed by atoms with van der Waals surface area (Å²) in [6.07, 6.45) is 0.106. The van der Waals surface area contributed by atoms with Gasteiger partial charge in [0, 0.05) is 23.1 Å². The minimum atomic E-state index is -1.44. The van der Waals surface area contributed by atoms with Gasteiger partial charge in [0.15, 0.2) is 17.3 Å². The van der Waals surface area contributed by atoms with E-state index in [1.165, 1.54) is 0 Å². The standard InChI is InChI=1S/C29H26N2O5S.Na/c1-29(2,3)20-8-4-17(5-9-20)14-21(27(32)19-7-11-24-25(16-19)36-13-12-35-24)26(28(33)34)18-6-10-22-23(15-18)31-37-30-22;/h4-11,15-16H,12-14H2,1-3H3,(H,33,34);/q;+1/p-1/b26-21+;. The van der Waals surface area contributed by atoms with E-state index >= 15 is 0 Å². The van der Waals surface area contributed by atoms with Gasteiger partial charge in [0.2, 0.25) is 0 Å². The van der Waals surface area contributed by atoms with Gasteiger partial charge in [-0.25, -0.2) is 0 Å². The number of carbonyl (C=O) groups excluding carboxylic acids is 2. The van der Waals surface area contributed by atoms with Crippen LogP contribution in [0.2, 0.25) is 0 Å². The van der Waals surface area contributed by atoms with Crippen LogP contribution in [-0.2, 0) is 16.6 Å².